The molecule has 0 aliphatic rings. The molecule has 0 unspecified atom stereocenters. The Hall–Kier alpha value is -2.20. The summed E-state index contributed by atoms with van der Waals surface area (Å²) in [6.45, 7) is 1.18. The topological polar surface area (TPSA) is 58.6 Å². The van der Waals surface area contributed by atoms with Crippen molar-refractivity contribution in [2.24, 2.45) is 0 Å². The number of aromatic carboxylic acids is 1. The summed E-state index contributed by atoms with van der Waals surface area (Å²) in [7, 11) is 0. The van der Waals surface area contributed by atoms with Gasteiger partial charge in [-0.15, -0.1) is 0 Å². The molecule has 2 aromatic carbocycles. The highest BCUT2D eigenvalue weighted by atomic mass is 35.5. The van der Waals surface area contributed by atoms with Gasteiger partial charge < -0.3 is 15.2 Å². The van der Waals surface area contributed by atoms with Crippen molar-refractivity contribution in [1.82, 2.24) is 0 Å². The number of rotatable bonds is 7. The van der Waals surface area contributed by atoms with Crippen molar-refractivity contribution in [3.63, 3.8) is 0 Å². The van der Waals surface area contributed by atoms with Gasteiger partial charge in [0, 0.05) is 17.3 Å². The van der Waals surface area contributed by atoms with Crippen LogP contribution in [0.1, 0.15) is 16.8 Å². The number of anilines is 1. The van der Waals surface area contributed by atoms with Crippen LogP contribution in [-0.4, -0.2) is 24.2 Å². The lowest BCUT2D eigenvalue weighted by Crippen LogP contribution is -2.10. The molecule has 0 heterocycles. The first-order valence-corrected chi connectivity index (χ1v) is 6.99. The van der Waals surface area contributed by atoms with Crippen molar-refractivity contribution in [3.8, 4) is 5.75 Å². The van der Waals surface area contributed by atoms with E-state index in [1.54, 1.807) is 36.4 Å². The van der Waals surface area contributed by atoms with Crippen LogP contribution in [0.25, 0.3) is 0 Å². The number of ether oxygens (including phenoxy) is 1. The van der Waals surface area contributed by atoms with Crippen molar-refractivity contribution in [2.45, 2.75) is 6.42 Å². The third kappa shape index (κ3) is 4.68. The largest absolute Gasteiger partial charge is 0.494 e. The van der Waals surface area contributed by atoms with Crippen molar-refractivity contribution in [1.29, 1.82) is 0 Å². The van der Waals surface area contributed by atoms with Gasteiger partial charge in [-0.2, -0.15) is 0 Å². The average Bonchev–Trinajstić information content (AvgIpc) is 2.49. The van der Waals surface area contributed by atoms with E-state index in [9.17, 15) is 4.79 Å². The number of carboxylic acids is 1. The lowest BCUT2D eigenvalue weighted by molar-refractivity contribution is 0.0698. The first kappa shape index (κ1) is 15.2. The predicted octanol–water partition coefficient (Wildman–Crippen LogP) is 3.92. The molecule has 5 heteroatoms. The molecule has 0 aliphatic carbocycles. The maximum Gasteiger partial charge on any atom is 0.337 e. The Morgan fingerprint density at radius 2 is 1.86 bits per heavy atom. The summed E-state index contributed by atoms with van der Waals surface area (Å²) in [6.07, 6.45) is 0.760. The lowest BCUT2D eigenvalue weighted by Gasteiger charge is -2.10. The zero-order chi connectivity index (χ0) is 15.1. The second kappa shape index (κ2) is 7.55. The van der Waals surface area contributed by atoms with Gasteiger partial charge in [0.2, 0.25) is 0 Å². The van der Waals surface area contributed by atoms with E-state index in [1.165, 1.54) is 0 Å². The van der Waals surface area contributed by atoms with E-state index < -0.39 is 5.97 Å². The molecule has 21 heavy (non-hydrogen) atoms. The molecular formula is C16H16ClNO3. The number of hydrogen-bond acceptors (Lipinski definition) is 3. The smallest absolute Gasteiger partial charge is 0.337 e. The standard InChI is InChI=1S/C16H16ClNO3/c17-12-6-8-13(9-7-12)21-11-3-10-18-15-5-2-1-4-14(15)16(19)20/h1-2,4-9,18H,3,10-11H2,(H,19,20). The Bertz CT molecular complexity index is 599. The highest BCUT2D eigenvalue weighted by Crippen LogP contribution is 2.16. The Morgan fingerprint density at radius 3 is 2.57 bits per heavy atom. The molecule has 0 bridgehead atoms. The molecule has 0 aromatic heterocycles. The summed E-state index contributed by atoms with van der Waals surface area (Å²) in [5.74, 6) is -0.166. The van der Waals surface area contributed by atoms with Gasteiger partial charge in [-0.25, -0.2) is 4.79 Å². The fourth-order valence-corrected chi connectivity index (χ4v) is 1.97. The molecule has 2 aromatic rings. The van der Waals surface area contributed by atoms with Crippen LogP contribution >= 0.6 is 11.6 Å². The molecule has 2 rings (SSSR count). The van der Waals surface area contributed by atoms with Crippen LogP contribution in [-0.2, 0) is 0 Å². The van der Waals surface area contributed by atoms with Crippen molar-refractivity contribution < 1.29 is 14.6 Å². The highest BCUT2D eigenvalue weighted by Gasteiger charge is 2.07. The van der Waals surface area contributed by atoms with Gasteiger partial charge in [-0.1, -0.05) is 23.7 Å². The van der Waals surface area contributed by atoms with Gasteiger partial charge in [0.15, 0.2) is 0 Å². The number of halogens is 1. The molecule has 0 saturated heterocycles. The van der Waals surface area contributed by atoms with E-state index in [0.717, 1.165) is 12.2 Å². The maximum atomic E-state index is 11.0. The SMILES string of the molecule is O=C(O)c1ccccc1NCCCOc1ccc(Cl)cc1. The first-order valence-electron chi connectivity index (χ1n) is 6.61. The van der Waals surface area contributed by atoms with Crippen LogP contribution in [0.2, 0.25) is 5.02 Å². The normalized spacial score (nSPS) is 10.1. The molecule has 0 saturated carbocycles. The summed E-state index contributed by atoms with van der Waals surface area (Å²) < 4.78 is 5.56. The molecule has 0 fully saturated rings. The number of carbonyl (C=O) groups is 1. The van der Waals surface area contributed by atoms with Gasteiger partial charge in [0.05, 0.1) is 12.2 Å². The van der Waals surface area contributed by atoms with Crippen LogP contribution in [0.15, 0.2) is 48.5 Å². The van der Waals surface area contributed by atoms with E-state index in [4.69, 9.17) is 21.4 Å². The van der Waals surface area contributed by atoms with Crippen molar-refractivity contribution in [2.75, 3.05) is 18.5 Å². The molecule has 0 spiro atoms. The van der Waals surface area contributed by atoms with Gasteiger partial charge in [0.1, 0.15) is 5.75 Å². The summed E-state index contributed by atoms with van der Waals surface area (Å²) in [5.41, 5.74) is 0.896. The Labute approximate surface area is 128 Å². The molecule has 0 atom stereocenters. The average molecular weight is 306 g/mol. The molecule has 0 aliphatic heterocycles. The number of hydrogen-bond donors (Lipinski definition) is 2. The van der Waals surface area contributed by atoms with Crippen molar-refractivity contribution >= 4 is 23.3 Å². The van der Waals surface area contributed by atoms with E-state index in [2.05, 4.69) is 5.32 Å². The third-order valence-electron chi connectivity index (χ3n) is 2.88. The zero-order valence-electron chi connectivity index (χ0n) is 11.4. The van der Waals surface area contributed by atoms with E-state index >= 15 is 0 Å². The fraction of sp³-hybridized carbons (Fsp3) is 0.188. The monoisotopic (exact) mass is 305 g/mol. The molecule has 2 N–H and O–H groups in total. The van der Waals surface area contributed by atoms with Crippen LogP contribution < -0.4 is 10.1 Å². The Kier molecular flexibility index (Phi) is 5.46. The molecular weight excluding hydrogens is 290 g/mol. The summed E-state index contributed by atoms with van der Waals surface area (Å²) in [6, 6.07) is 14.0. The van der Waals surface area contributed by atoms with Crippen LogP contribution in [0.5, 0.6) is 5.75 Å². The van der Waals surface area contributed by atoms with E-state index in [1.807, 2.05) is 12.1 Å². The van der Waals surface area contributed by atoms with Gasteiger partial charge in [0.25, 0.3) is 0 Å². The van der Waals surface area contributed by atoms with Crippen LogP contribution in [0, 0.1) is 0 Å². The van der Waals surface area contributed by atoms with Crippen LogP contribution in [0.3, 0.4) is 0 Å². The number of para-hydroxylation sites is 1. The minimum atomic E-state index is -0.935. The van der Waals surface area contributed by atoms with Gasteiger partial charge >= 0.3 is 5.97 Å². The first-order chi connectivity index (χ1) is 10.2. The van der Waals surface area contributed by atoms with Gasteiger partial charge in [-0.05, 0) is 42.8 Å². The molecule has 0 radical (unpaired) electrons. The Balaban J connectivity index is 1.75. The molecule has 110 valence electrons. The van der Waals surface area contributed by atoms with E-state index in [0.29, 0.717) is 23.9 Å². The number of nitrogens with one attached hydrogen (secondary N) is 1. The van der Waals surface area contributed by atoms with Crippen molar-refractivity contribution in [3.05, 3.63) is 59.1 Å². The number of carboxylic acid groups (broad SMARTS) is 1. The predicted molar refractivity (Wildman–Crippen MR) is 83.5 cm³/mol. The third-order valence-corrected chi connectivity index (χ3v) is 3.13. The lowest BCUT2D eigenvalue weighted by atomic mass is 10.2. The summed E-state index contributed by atoms with van der Waals surface area (Å²) >= 11 is 5.79. The minimum absolute atomic E-state index is 0.274. The second-order valence-electron chi connectivity index (χ2n) is 4.43. The maximum absolute atomic E-state index is 11.0. The second-order valence-corrected chi connectivity index (χ2v) is 4.87. The number of benzene rings is 2. The minimum Gasteiger partial charge on any atom is -0.494 e. The summed E-state index contributed by atoms with van der Waals surface area (Å²) in [4.78, 5) is 11.0. The van der Waals surface area contributed by atoms with E-state index in [-0.39, 0.29) is 5.56 Å². The van der Waals surface area contributed by atoms with Gasteiger partial charge in [-0.3, -0.25) is 0 Å². The van der Waals surface area contributed by atoms with Crippen LogP contribution in [0.4, 0.5) is 5.69 Å². The quantitative estimate of drug-likeness (QED) is 0.761. The fourth-order valence-electron chi connectivity index (χ4n) is 1.84. The highest BCUT2D eigenvalue weighted by molar-refractivity contribution is 6.30. The summed E-state index contributed by atoms with van der Waals surface area (Å²) in [5, 5.41) is 12.8. The molecule has 0 amide bonds. The Morgan fingerprint density at radius 1 is 1.14 bits per heavy atom. The molecule has 4 nitrogen and oxygen atoms in total. The zero-order valence-corrected chi connectivity index (χ0v) is 12.1.